The van der Waals surface area contributed by atoms with Gasteiger partial charge in [-0.1, -0.05) is 24.3 Å². The molecule has 0 saturated carbocycles. The van der Waals surface area contributed by atoms with Crippen molar-refractivity contribution < 1.29 is 9.53 Å². The lowest BCUT2D eigenvalue weighted by Crippen LogP contribution is -2.26. The Morgan fingerprint density at radius 1 is 1.19 bits per heavy atom. The van der Waals surface area contributed by atoms with Crippen molar-refractivity contribution in [3.63, 3.8) is 0 Å². The maximum Gasteiger partial charge on any atom is 0.253 e. The lowest BCUT2D eigenvalue weighted by molar-refractivity contribution is 0.0784. The average Bonchev–Trinajstić information content (AvgIpc) is 2.48. The number of carbonyl (C=O) groups excluding carboxylic acids is 1. The van der Waals surface area contributed by atoms with Crippen LogP contribution in [0.4, 0.5) is 5.69 Å². The predicted molar refractivity (Wildman–Crippen MR) is 84.3 cm³/mol. The molecule has 0 atom stereocenters. The molecule has 2 aromatic carbocycles. The highest BCUT2D eigenvalue weighted by atomic mass is 16.5. The minimum Gasteiger partial charge on any atom is -0.494 e. The molecule has 0 fully saturated rings. The third kappa shape index (κ3) is 3.75. The Morgan fingerprint density at radius 3 is 2.67 bits per heavy atom. The van der Waals surface area contributed by atoms with Crippen molar-refractivity contribution in [2.75, 3.05) is 19.4 Å². The lowest BCUT2D eigenvalue weighted by Gasteiger charge is -2.19. The van der Waals surface area contributed by atoms with E-state index in [1.165, 1.54) is 0 Å². The van der Waals surface area contributed by atoms with Gasteiger partial charge < -0.3 is 15.4 Å². The molecule has 0 unspecified atom stereocenters. The van der Waals surface area contributed by atoms with Gasteiger partial charge in [0.15, 0.2) is 0 Å². The molecule has 0 radical (unpaired) electrons. The highest BCUT2D eigenvalue weighted by Crippen LogP contribution is 2.20. The van der Waals surface area contributed by atoms with Crippen LogP contribution in [0.5, 0.6) is 5.75 Å². The number of para-hydroxylation sites is 1. The number of nitrogen functional groups attached to an aromatic ring is 1. The third-order valence-electron chi connectivity index (χ3n) is 3.16. The average molecular weight is 284 g/mol. The molecule has 4 heteroatoms. The fourth-order valence-corrected chi connectivity index (χ4v) is 2.15. The van der Waals surface area contributed by atoms with Crippen LogP contribution in [0.1, 0.15) is 22.8 Å². The maximum absolute atomic E-state index is 12.4. The number of rotatable bonds is 5. The summed E-state index contributed by atoms with van der Waals surface area (Å²) in [4.78, 5) is 14.1. The normalized spacial score (nSPS) is 10.2. The van der Waals surface area contributed by atoms with E-state index < -0.39 is 0 Å². The van der Waals surface area contributed by atoms with E-state index in [1.54, 1.807) is 36.2 Å². The largest absolute Gasteiger partial charge is 0.494 e. The Morgan fingerprint density at radius 2 is 1.95 bits per heavy atom. The molecule has 2 rings (SSSR count). The second kappa shape index (κ2) is 6.79. The van der Waals surface area contributed by atoms with E-state index in [-0.39, 0.29) is 5.91 Å². The summed E-state index contributed by atoms with van der Waals surface area (Å²) >= 11 is 0. The Hall–Kier alpha value is -2.49. The summed E-state index contributed by atoms with van der Waals surface area (Å²) in [5.74, 6) is 0.751. The monoisotopic (exact) mass is 284 g/mol. The second-order valence-electron chi connectivity index (χ2n) is 4.83. The van der Waals surface area contributed by atoms with Gasteiger partial charge in [-0.15, -0.1) is 0 Å². The van der Waals surface area contributed by atoms with Crippen LogP contribution >= 0.6 is 0 Å². The minimum absolute atomic E-state index is 0.0615. The number of nitrogens with two attached hydrogens (primary N) is 1. The number of ether oxygens (including phenoxy) is 1. The first kappa shape index (κ1) is 14.9. The number of nitrogens with zero attached hydrogens (tertiary/aromatic N) is 1. The van der Waals surface area contributed by atoms with Crippen molar-refractivity contribution in [2.45, 2.75) is 13.5 Å². The van der Waals surface area contributed by atoms with E-state index in [0.29, 0.717) is 24.4 Å². The molecule has 2 N–H and O–H groups in total. The molecule has 0 bridgehead atoms. The van der Waals surface area contributed by atoms with E-state index in [0.717, 1.165) is 11.3 Å². The molecule has 0 aliphatic heterocycles. The van der Waals surface area contributed by atoms with Gasteiger partial charge in [-0.2, -0.15) is 0 Å². The molecule has 0 heterocycles. The van der Waals surface area contributed by atoms with E-state index in [1.807, 2.05) is 31.2 Å². The lowest BCUT2D eigenvalue weighted by atomic mass is 10.1. The Bertz CT molecular complexity index is 626. The molecule has 4 nitrogen and oxygen atoms in total. The van der Waals surface area contributed by atoms with Gasteiger partial charge in [-0.05, 0) is 31.2 Å². The summed E-state index contributed by atoms with van der Waals surface area (Å²) in [5, 5.41) is 0. The Balaban J connectivity index is 2.14. The van der Waals surface area contributed by atoms with Gasteiger partial charge in [0.05, 0.1) is 6.61 Å². The van der Waals surface area contributed by atoms with Gasteiger partial charge in [0.25, 0.3) is 5.91 Å². The topological polar surface area (TPSA) is 55.6 Å². The summed E-state index contributed by atoms with van der Waals surface area (Å²) in [7, 11) is 1.77. The number of benzene rings is 2. The number of anilines is 1. The second-order valence-corrected chi connectivity index (χ2v) is 4.83. The van der Waals surface area contributed by atoms with Crippen molar-refractivity contribution in [2.24, 2.45) is 0 Å². The predicted octanol–water partition coefficient (Wildman–Crippen LogP) is 2.94. The Kier molecular flexibility index (Phi) is 4.82. The molecule has 110 valence electrons. The zero-order valence-electron chi connectivity index (χ0n) is 12.4. The molecular weight excluding hydrogens is 264 g/mol. The van der Waals surface area contributed by atoms with Gasteiger partial charge in [0.2, 0.25) is 0 Å². The number of hydrogen-bond donors (Lipinski definition) is 1. The standard InChI is InChI=1S/C17H20N2O2/c1-3-21-16-10-5-4-7-14(16)12-19(2)17(20)13-8-6-9-15(18)11-13/h4-11H,3,12,18H2,1-2H3. The third-order valence-corrected chi connectivity index (χ3v) is 3.16. The van der Waals surface area contributed by atoms with Crippen LogP contribution in [0.2, 0.25) is 0 Å². The van der Waals surface area contributed by atoms with Gasteiger partial charge in [-0.3, -0.25) is 4.79 Å². The summed E-state index contributed by atoms with van der Waals surface area (Å²) in [5.41, 5.74) is 7.88. The van der Waals surface area contributed by atoms with Gasteiger partial charge in [0, 0.05) is 30.4 Å². The molecular formula is C17H20N2O2. The zero-order chi connectivity index (χ0) is 15.2. The van der Waals surface area contributed by atoms with Crippen LogP contribution in [-0.4, -0.2) is 24.5 Å². The van der Waals surface area contributed by atoms with Crippen molar-refractivity contribution in [1.82, 2.24) is 4.90 Å². The first-order chi connectivity index (χ1) is 10.1. The maximum atomic E-state index is 12.4. The summed E-state index contributed by atoms with van der Waals surface area (Å²) in [6, 6.07) is 14.7. The highest BCUT2D eigenvalue weighted by Gasteiger charge is 2.14. The molecule has 0 aromatic heterocycles. The van der Waals surface area contributed by atoms with Crippen LogP contribution in [0.3, 0.4) is 0 Å². The SMILES string of the molecule is CCOc1ccccc1CN(C)C(=O)c1cccc(N)c1. The summed E-state index contributed by atoms with van der Waals surface area (Å²) in [6.07, 6.45) is 0. The van der Waals surface area contributed by atoms with E-state index >= 15 is 0 Å². The zero-order valence-corrected chi connectivity index (χ0v) is 12.4. The van der Waals surface area contributed by atoms with Crippen LogP contribution in [0, 0.1) is 0 Å². The van der Waals surface area contributed by atoms with Gasteiger partial charge in [-0.25, -0.2) is 0 Å². The first-order valence-corrected chi connectivity index (χ1v) is 6.93. The van der Waals surface area contributed by atoms with E-state index in [2.05, 4.69) is 0 Å². The minimum atomic E-state index is -0.0615. The van der Waals surface area contributed by atoms with Gasteiger partial charge >= 0.3 is 0 Å². The molecule has 2 aromatic rings. The molecule has 0 saturated heterocycles. The van der Waals surface area contributed by atoms with Crippen molar-refractivity contribution in [1.29, 1.82) is 0 Å². The quantitative estimate of drug-likeness (QED) is 0.859. The van der Waals surface area contributed by atoms with Crippen LogP contribution in [-0.2, 0) is 6.54 Å². The van der Waals surface area contributed by atoms with E-state index in [9.17, 15) is 4.79 Å². The van der Waals surface area contributed by atoms with Crippen LogP contribution in [0.15, 0.2) is 48.5 Å². The summed E-state index contributed by atoms with van der Waals surface area (Å²) < 4.78 is 5.58. The molecule has 0 aliphatic rings. The number of amides is 1. The fraction of sp³-hybridized carbons (Fsp3) is 0.235. The molecule has 0 aliphatic carbocycles. The fourth-order valence-electron chi connectivity index (χ4n) is 2.15. The van der Waals surface area contributed by atoms with Crippen molar-refractivity contribution >= 4 is 11.6 Å². The molecule has 21 heavy (non-hydrogen) atoms. The number of hydrogen-bond acceptors (Lipinski definition) is 3. The molecule has 0 spiro atoms. The molecule has 1 amide bonds. The highest BCUT2D eigenvalue weighted by molar-refractivity contribution is 5.94. The first-order valence-electron chi connectivity index (χ1n) is 6.93. The van der Waals surface area contributed by atoms with Crippen molar-refractivity contribution in [3.05, 3.63) is 59.7 Å². The van der Waals surface area contributed by atoms with E-state index in [4.69, 9.17) is 10.5 Å². The smallest absolute Gasteiger partial charge is 0.253 e. The Labute approximate surface area is 125 Å². The summed E-state index contributed by atoms with van der Waals surface area (Å²) in [6.45, 7) is 3.03. The van der Waals surface area contributed by atoms with Crippen molar-refractivity contribution in [3.8, 4) is 5.75 Å². The van der Waals surface area contributed by atoms with Gasteiger partial charge in [0.1, 0.15) is 5.75 Å². The van der Waals surface area contributed by atoms with Crippen LogP contribution in [0.25, 0.3) is 0 Å². The number of carbonyl (C=O) groups is 1. The van der Waals surface area contributed by atoms with Crippen LogP contribution < -0.4 is 10.5 Å².